The third-order valence-electron chi connectivity index (χ3n) is 1.32. The summed E-state index contributed by atoms with van der Waals surface area (Å²) < 4.78 is 36.4. The SMILES string of the molecule is Cc1[c-][n+]([B-](F)(F)F)[c-]c(C)c1.[Li+].[Li+]. The van der Waals surface area contributed by atoms with Gasteiger partial charge in [-0.25, -0.2) is 11.1 Å². The Morgan fingerprint density at radius 1 is 1.07 bits per heavy atom. The van der Waals surface area contributed by atoms with Crippen molar-refractivity contribution in [2.45, 2.75) is 13.8 Å². The van der Waals surface area contributed by atoms with Gasteiger partial charge in [0.2, 0.25) is 0 Å². The van der Waals surface area contributed by atoms with Crippen molar-refractivity contribution >= 4 is 7.11 Å². The summed E-state index contributed by atoms with van der Waals surface area (Å²) in [7, 11) is -5.04. The quantitative estimate of drug-likeness (QED) is 0.307. The van der Waals surface area contributed by atoms with E-state index >= 15 is 0 Å². The van der Waals surface area contributed by atoms with E-state index in [-0.39, 0.29) is 42.2 Å². The van der Waals surface area contributed by atoms with Crippen LogP contribution in [-0.2, 0) is 0 Å². The number of aromatic nitrogens is 1. The molecule has 0 aliphatic carbocycles. The topological polar surface area (TPSA) is 3.88 Å². The predicted molar refractivity (Wildman–Crippen MR) is 38.3 cm³/mol. The molecular weight excluding hydrogens is 180 g/mol. The summed E-state index contributed by atoms with van der Waals surface area (Å²) in [5.74, 6) is 0. The molecule has 7 heteroatoms. The first-order valence-corrected chi connectivity index (χ1v) is 3.44. The fraction of sp³-hybridized carbons (Fsp3) is 0.286. The van der Waals surface area contributed by atoms with Gasteiger partial charge in [0.05, 0.1) is 0 Å². The number of hydrogen-bond acceptors (Lipinski definition) is 0. The van der Waals surface area contributed by atoms with Crippen molar-refractivity contribution in [2.75, 3.05) is 0 Å². The Bertz CT molecular complexity index is 283. The van der Waals surface area contributed by atoms with Gasteiger partial charge < -0.3 is 17.4 Å². The molecule has 0 bridgehead atoms. The first kappa shape index (κ1) is 16.6. The molecule has 0 fully saturated rings. The molecule has 0 N–H and O–H groups in total. The van der Waals surface area contributed by atoms with Gasteiger partial charge in [-0.2, -0.15) is 0 Å². The van der Waals surface area contributed by atoms with Gasteiger partial charge in [0.15, 0.2) is 0 Å². The summed E-state index contributed by atoms with van der Waals surface area (Å²) in [4.78, 5) is 0. The maximum Gasteiger partial charge on any atom is 1.00 e. The van der Waals surface area contributed by atoms with Crippen LogP contribution in [-0.4, -0.2) is 7.11 Å². The molecule has 0 amide bonds. The third kappa shape index (κ3) is 4.62. The molecule has 0 unspecified atom stereocenters. The summed E-state index contributed by atoms with van der Waals surface area (Å²) in [5, 5.41) is 0. The molecule has 14 heavy (non-hydrogen) atoms. The minimum absolute atomic E-state index is 0. The van der Waals surface area contributed by atoms with E-state index in [9.17, 15) is 12.9 Å². The van der Waals surface area contributed by atoms with Crippen LogP contribution in [0.4, 0.5) is 12.9 Å². The van der Waals surface area contributed by atoms with Gasteiger partial charge in [-0.3, -0.25) is 6.07 Å². The van der Waals surface area contributed by atoms with Gasteiger partial charge in [-0.05, 0) is 0 Å². The second-order valence-electron chi connectivity index (χ2n) is 2.64. The minimum Gasteiger partial charge on any atom is -0.569 e. The van der Waals surface area contributed by atoms with E-state index in [2.05, 4.69) is 12.4 Å². The van der Waals surface area contributed by atoms with Crippen LogP contribution in [0.15, 0.2) is 6.07 Å². The van der Waals surface area contributed by atoms with Crippen molar-refractivity contribution < 1.29 is 55.1 Å². The average molecular weight is 187 g/mol. The summed E-state index contributed by atoms with van der Waals surface area (Å²) in [6.07, 6.45) is 4.30. The van der Waals surface area contributed by atoms with Crippen LogP contribution >= 0.6 is 0 Å². The minimum atomic E-state index is -5.04. The zero-order chi connectivity index (χ0) is 9.35. The van der Waals surface area contributed by atoms with Crippen LogP contribution in [0.2, 0.25) is 0 Å². The maximum atomic E-state index is 12.1. The van der Waals surface area contributed by atoms with E-state index in [0.29, 0.717) is 11.1 Å². The van der Waals surface area contributed by atoms with Crippen molar-refractivity contribution in [2.24, 2.45) is 0 Å². The fourth-order valence-electron chi connectivity index (χ4n) is 0.944. The van der Waals surface area contributed by atoms with Gasteiger partial charge >= 0.3 is 44.8 Å². The van der Waals surface area contributed by atoms with Crippen molar-refractivity contribution in [3.8, 4) is 0 Å². The van der Waals surface area contributed by atoms with E-state index in [0.717, 1.165) is 0 Å². The summed E-state index contributed by atoms with van der Waals surface area (Å²) in [6, 6.07) is 1.60. The van der Waals surface area contributed by atoms with Crippen molar-refractivity contribution in [1.29, 1.82) is 0 Å². The first-order valence-electron chi connectivity index (χ1n) is 3.44. The normalized spacial score (nSPS) is 10.1. The van der Waals surface area contributed by atoms with E-state index in [1.54, 1.807) is 19.9 Å². The molecule has 0 saturated heterocycles. The van der Waals surface area contributed by atoms with Crippen molar-refractivity contribution in [1.82, 2.24) is 0 Å². The zero-order valence-electron chi connectivity index (χ0n) is 8.74. The van der Waals surface area contributed by atoms with Crippen LogP contribution in [0.3, 0.4) is 0 Å². The molecule has 1 aromatic rings. The van der Waals surface area contributed by atoms with Crippen LogP contribution in [0.1, 0.15) is 11.1 Å². The van der Waals surface area contributed by atoms with Crippen LogP contribution in [0, 0.1) is 26.2 Å². The number of pyridine rings is 1. The molecule has 1 nitrogen and oxygen atoms in total. The molecular formula is C7H7BF3Li2N. The number of halogens is 3. The molecule has 0 atom stereocenters. The van der Waals surface area contributed by atoms with Crippen LogP contribution < -0.4 is 42.2 Å². The molecule has 1 rings (SSSR count). The van der Waals surface area contributed by atoms with E-state index < -0.39 is 7.11 Å². The smallest absolute Gasteiger partial charge is 0.569 e. The Balaban J connectivity index is 0. The molecule has 0 spiro atoms. The standard InChI is InChI=1S/C7H7BF3N.2Li/c1-6-3-7(2)5-12(4-6)8(9,10)11;;/h3H,1-2H3;;/q-2;2*+1. The van der Waals surface area contributed by atoms with E-state index in [1.165, 1.54) is 0 Å². The first-order chi connectivity index (χ1) is 5.39. The van der Waals surface area contributed by atoms with Crippen molar-refractivity contribution in [3.05, 3.63) is 29.6 Å². The third-order valence-corrected chi connectivity index (χ3v) is 1.32. The predicted octanol–water partition coefficient (Wildman–Crippen LogP) is -4.61. The molecule has 66 valence electrons. The Morgan fingerprint density at radius 3 is 1.71 bits per heavy atom. The summed E-state index contributed by atoms with van der Waals surface area (Å²) >= 11 is 0. The molecule has 1 heterocycles. The van der Waals surface area contributed by atoms with Gasteiger partial charge in [0, 0.05) is 0 Å². The van der Waals surface area contributed by atoms with Gasteiger partial charge in [0.25, 0.3) is 0 Å². The molecule has 1 aromatic heterocycles. The fourth-order valence-corrected chi connectivity index (χ4v) is 0.944. The van der Waals surface area contributed by atoms with E-state index in [1.807, 2.05) is 0 Å². The molecule has 0 saturated carbocycles. The van der Waals surface area contributed by atoms with Gasteiger partial charge in [-0.15, -0.1) is 12.4 Å². The Labute approximate surface area is 106 Å². The summed E-state index contributed by atoms with van der Waals surface area (Å²) in [5.41, 5.74) is 0.927. The molecule has 0 radical (unpaired) electrons. The molecule has 0 aromatic carbocycles. The summed E-state index contributed by atoms with van der Waals surface area (Å²) in [6.45, 7) is 3.14. The maximum absolute atomic E-state index is 12.1. The number of hydrogen-bond donors (Lipinski definition) is 0. The largest absolute Gasteiger partial charge is 1.00 e. The second kappa shape index (κ2) is 5.93. The molecule has 0 aliphatic heterocycles. The monoisotopic (exact) mass is 187 g/mol. The molecule has 0 aliphatic rings. The van der Waals surface area contributed by atoms with Gasteiger partial charge in [-0.1, -0.05) is 13.8 Å². The average Bonchev–Trinajstić information content (AvgIpc) is 1.82. The van der Waals surface area contributed by atoms with Crippen LogP contribution in [0.25, 0.3) is 0 Å². The van der Waals surface area contributed by atoms with E-state index in [4.69, 9.17) is 0 Å². The number of aryl methyl sites for hydroxylation is 2. The Kier molecular flexibility index (Phi) is 7.04. The second-order valence-corrected chi connectivity index (χ2v) is 2.64. The number of nitrogens with zero attached hydrogens (tertiary/aromatic N) is 1. The zero-order valence-corrected chi connectivity index (χ0v) is 8.74. The Morgan fingerprint density at radius 2 is 1.43 bits per heavy atom. The van der Waals surface area contributed by atoms with Gasteiger partial charge in [0.1, 0.15) is 0 Å². The van der Waals surface area contributed by atoms with Crippen molar-refractivity contribution in [3.63, 3.8) is 0 Å². The number of rotatable bonds is 1. The van der Waals surface area contributed by atoms with Crippen LogP contribution in [0.5, 0.6) is 0 Å². The Hall–Kier alpha value is 0.200.